The highest BCUT2D eigenvalue weighted by molar-refractivity contribution is 7.21. The van der Waals surface area contributed by atoms with Gasteiger partial charge in [-0.05, 0) is 32.0 Å². The number of benzene rings is 1. The zero-order chi connectivity index (χ0) is 15.2. The number of carbonyl (C=O) groups excluding carboxylic acids is 1. The second-order valence-corrected chi connectivity index (χ2v) is 7.30. The van der Waals surface area contributed by atoms with Crippen LogP contribution in [0.25, 0.3) is 10.1 Å². The molecule has 1 aromatic carbocycles. The lowest BCUT2D eigenvalue weighted by Crippen LogP contribution is -2.55. The molecule has 21 heavy (non-hydrogen) atoms. The number of thiophene rings is 1. The van der Waals surface area contributed by atoms with Gasteiger partial charge in [-0.3, -0.25) is 4.79 Å². The van der Waals surface area contributed by atoms with Gasteiger partial charge < -0.3 is 15.4 Å². The highest BCUT2D eigenvalue weighted by Gasteiger charge is 2.36. The highest BCUT2D eigenvalue weighted by Crippen LogP contribution is 2.37. The monoisotopic (exact) mass is 324 g/mol. The SMILES string of the molecule is CC1(C)COCCN1C(=O)c1sc2cc(Cl)ccc2c1N. The molecule has 0 aliphatic carbocycles. The minimum Gasteiger partial charge on any atom is -0.397 e. The summed E-state index contributed by atoms with van der Waals surface area (Å²) in [6.07, 6.45) is 0. The van der Waals surface area contributed by atoms with Gasteiger partial charge in [0.05, 0.1) is 24.4 Å². The third-order valence-corrected chi connectivity index (χ3v) is 5.17. The lowest BCUT2D eigenvalue weighted by molar-refractivity contribution is -0.0368. The Balaban J connectivity index is 2.03. The molecule has 1 aliphatic heterocycles. The van der Waals surface area contributed by atoms with Crippen molar-refractivity contribution in [3.05, 3.63) is 28.1 Å². The maximum Gasteiger partial charge on any atom is 0.266 e. The molecular weight excluding hydrogens is 308 g/mol. The normalized spacial score (nSPS) is 18.1. The first-order valence-electron chi connectivity index (χ1n) is 6.77. The summed E-state index contributed by atoms with van der Waals surface area (Å²) in [7, 11) is 0. The first-order chi connectivity index (χ1) is 9.90. The van der Waals surface area contributed by atoms with E-state index in [2.05, 4.69) is 0 Å². The van der Waals surface area contributed by atoms with E-state index in [0.29, 0.717) is 35.3 Å². The Morgan fingerprint density at radius 3 is 2.95 bits per heavy atom. The lowest BCUT2D eigenvalue weighted by atomic mass is 10.0. The molecule has 2 heterocycles. The largest absolute Gasteiger partial charge is 0.397 e. The van der Waals surface area contributed by atoms with Gasteiger partial charge in [0.1, 0.15) is 4.88 Å². The van der Waals surface area contributed by atoms with Gasteiger partial charge in [-0.2, -0.15) is 0 Å². The van der Waals surface area contributed by atoms with E-state index in [1.807, 2.05) is 30.9 Å². The minimum absolute atomic E-state index is 0.0295. The second kappa shape index (κ2) is 5.16. The number of anilines is 1. The van der Waals surface area contributed by atoms with E-state index in [9.17, 15) is 4.79 Å². The van der Waals surface area contributed by atoms with E-state index in [4.69, 9.17) is 22.1 Å². The van der Waals surface area contributed by atoms with Crippen molar-refractivity contribution in [2.45, 2.75) is 19.4 Å². The average Bonchev–Trinajstić information content (AvgIpc) is 2.74. The Morgan fingerprint density at radius 2 is 2.24 bits per heavy atom. The molecule has 1 fully saturated rings. The molecule has 1 amide bonds. The van der Waals surface area contributed by atoms with Crippen molar-refractivity contribution in [3.63, 3.8) is 0 Å². The number of amides is 1. The molecule has 3 rings (SSSR count). The summed E-state index contributed by atoms with van der Waals surface area (Å²) in [5, 5.41) is 1.54. The zero-order valence-electron chi connectivity index (χ0n) is 12.0. The van der Waals surface area contributed by atoms with Crippen molar-refractivity contribution < 1.29 is 9.53 Å². The predicted octanol–water partition coefficient (Wildman–Crippen LogP) is 3.39. The van der Waals surface area contributed by atoms with Crippen LogP contribution in [0.3, 0.4) is 0 Å². The molecule has 0 atom stereocenters. The van der Waals surface area contributed by atoms with E-state index in [1.54, 1.807) is 6.07 Å². The smallest absolute Gasteiger partial charge is 0.266 e. The van der Waals surface area contributed by atoms with Crippen LogP contribution in [-0.4, -0.2) is 36.1 Å². The standard InChI is InChI=1S/C15H17ClN2O2S/c1-15(2)8-20-6-5-18(15)14(19)13-12(17)10-4-3-9(16)7-11(10)21-13/h3-4,7H,5-6,8,17H2,1-2H3. The third kappa shape index (κ3) is 2.50. The molecule has 0 bridgehead atoms. The number of nitrogens with two attached hydrogens (primary N) is 1. The molecule has 1 aromatic heterocycles. The molecule has 0 radical (unpaired) electrons. The van der Waals surface area contributed by atoms with Crippen LogP contribution in [-0.2, 0) is 4.74 Å². The Bertz CT molecular complexity index is 711. The van der Waals surface area contributed by atoms with E-state index in [-0.39, 0.29) is 11.4 Å². The van der Waals surface area contributed by atoms with Crippen LogP contribution in [0.5, 0.6) is 0 Å². The van der Waals surface area contributed by atoms with Gasteiger partial charge in [0.25, 0.3) is 5.91 Å². The quantitative estimate of drug-likeness (QED) is 0.874. The van der Waals surface area contributed by atoms with Gasteiger partial charge in [-0.25, -0.2) is 0 Å². The van der Waals surface area contributed by atoms with E-state index < -0.39 is 0 Å². The number of halogens is 1. The number of rotatable bonds is 1. The zero-order valence-corrected chi connectivity index (χ0v) is 13.6. The molecule has 4 nitrogen and oxygen atoms in total. The van der Waals surface area contributed by atoms with Gasteiger partial charge in [-0.15, -0.1) is 11.3 Å². The first kappa shape index (κ1) is 14.6. The maximum atomic E-state index is 12.9. The molecule has 112 valence electrons. The van der Waals surface area contributed by atoms with Crippen LogP contribution < -0.4 is 5.73 Å². The van der Waals surface area contributed by atoms with Gasteiger partial charge >= 0.3 is 0 Å². The number of ether oxygens (including phenoxy) is 1. The molecule has 2 N–H and O–H groups in total. The third-order valence-electron chi connectivity index (χ3n) is 3.78. The van der Waals surface area contributed by atoms with Crippen molar-refractivity contribution in [2.24, 2.45) is 0 Å². The Labute approximate surface area is 132 Å². The molecule has 1 saturated heterocycles. The molecular formula is C15H17ClN2O2S. The van der Waals surface area contributed by atoms with Crippen LogP contribution in [0, 0.1) is 0 Å². The molecule has 0 spiro atoms. The fourth-order valence-electron chi connectivity index (χ4n) is 2.61. The lowest BCUT2D eigenvalue weighted by Gasteiger charge is -2.41. The van der Waals surface area contributed by atoms with Crippen molar-refractivity contribution in [1.82, 2.24) is 4.90 Å². The van der Waals surface area contributed by atoms with Crippen molar-refractivity contribution in [3.8, 4) is 0 Å². The topological polar surface area (TPSA) is 55.6 Å². The fraction of sp³-hybridized carbons (Fsp3) is 0.400. The van der Waals surface area contributed by atoms with E-state index >= 15 is 0 Å². The van der Waals surface area contributed by atoms with Crippen molar-refractivity contribution >= 4 is 44.6 Å². The minimum atomic E-state index is -0.324. The van der Waals surface area contributed by atoms with Crippen molar-refractivity contribution in [2.75, 3.05) is 25.5 Å². The molecule has 0 unspecified atom stereocenters. The number of carbonyl (C=O) groups is 1. The summed E-state index contributed by atoms with van der Waals surface area (Å²) >= 11 is 7.41. The fourth-order valence-corrected chi connectivity index (χ4v) is 3.95. The number of fused-ring (bicyclic) bond motifs is 1. The molecule has 6 heteroatoms. The number of morpholine rings is 1. The maximum absolute atomic E-state index is 12.9. The Kier molecular flexibility index (Phi) is 3.59. The summed E-state index contributed by atoms with van der Waals surface area (Å²) in [5.74, 6) is -0.0295. The number of nitrogens with zero attached hydrogens (tertiary/aromatic N) is 1. The summed E-state index contributed by atoms with van der Waals surface area (Å²) in [5.41, 5.74) is 6.39. The molecule has 2 aromatic rings. The van der Waals surface area contributed by atoms with Crippen molar-refractivity contribution in [1.29, 1.82) is 0 Å². The Morgan fingerprint density at radius 1 is 1.48 bits per heavy atom. The van der Waals surface area contributed by atoms with Gasteiger partial charge in [0.2, 0.25) is 0 Å². The van der Waals surface area contributed by atoms with Crippen LogP contribution in [0.1, 0.15) is 23.5 Å². The predicted molar refractivity (Wildman–Crippen MR) is 87.2 cm³/mol. The highest BCUT2D eigenvalue weighted by atomic mass is 35.5. The van der Waals surface area contributed by atoms with Crippen LogP contribution >= 0.6 is 22.9 Å². The number of nitrogen functional groups attached to an aromatic ring is 1. The second-order valence-electron chi connectivity index (χ2n) is 5.81. The van der Waals surface area contributed by atoms with E-state index in [1.165, 1.54) is 11.3 Å². The number of hydrogen-bond donors (Lipinski definition) is 1. The summed E-state index contributed by atoms with van der Waals surface area (Å²) < 4.78 is 6.41. The van der Waals surface area contributed by atoms with E-state index in [0.717, 1.165) is 10.1 Å². The summed E-state index contributed by atoms with van der Waals surface area (Å²) in [6.45, 7) is 5.69. The van der Waals surface area contributed by atoms with Gasteiger partial charge in [0, 0.05) is 21.7 Å². The van der Waals surface area contributed by atoms with Crippen LogP contribution in [0.2, 0.25) is 5.02 Å². The molecule has 1 aliphatic rings. The van der Waals surface area contributed by atoms with Crippen LogP contribution in [0.4, 0.5) is 5.69 Å². The van der Waals surface area contributed by atoms with Gasteiger partial charge in [-0.1, -0.05) is 11.6 Å². The summed E-state index contributed by atoms with van der Waals surface area (Å²) in [6, 6.07) is 5.50. The van der Waals surface area contributed by atoms with Gasteiger partial charge in [0.15, 0.2) is 0 Å². The average molecular weight is 325 g/mol. The first-order valence-corrected chi connectivity index (χ1v) is 7.97. The molecule has 0 saturated carbocycles. The number of hydrogen-bond acceptors (Lipinski definition) is 4. The summed E-state index contributed by atoms with van der Waals surface area (Å²) in [4.78, 5) is 15.3. The Hall–Kier alpha value is -1.30. The van der Waals surface area contributed by atoms with Crippen LogP contribution in [0.15, 0.2) is 18.2 Å².